The van der Waals surface area contributed by atoms with Crippen molar-refractivity contribution in [2.45, 2.75) is 6.54 Å². The fourth-order valence-corrected chi connectivity index (χ4v) is 2.40. The Balaban J connectivity index is 2.19. The number of nitrogens with one attached hydrogen (secondary N) is 1. The molecule has 0 saturated carbocycles. The topological polar surface area (TPSA) is 20.7 Å². The number of H-pyrrole nitrogens is 1. The van der Waals surface area contributed by atoms with E-state index in [1.807, 2.05) is 0 Å². The van der Waals surface area contributed by atoms with Crippen LogP contribution >= 0.6 is 12.2 Å². The number of fused-ring (bicyclic) bond motifs is 1. The predicted octanol–water partition coefficient (Wildman–Crippen LogP) is 4.16. The normalized spacial score (nSPS) is 11.2. The van der Waals surface area contributed by atoms with Crippen molar-refractivity contribution in [2.24, 2.45) is 0 Å². The second kappa shape index (κ2) is 4.79. The lowest BCUT2D eigenvalue weighted by molar-refractivity contribution is 0.589. The maximum Gasteiger partial charge on any atom is 0.178 e. The van der Waals surface area contributed by atoms with Crippen LogP contribution in [0.2, 0.25) is 0 Å². The van der Waals surface area contributed by atoms with Crippen molar-refractivity contribution < 1.29 is 13.2 Å². The second-order valence-electron chi connectivity index (χ2n) is 4.39. The third-order valence-electron chi connectivity index (χ3n) is 3.09. The lowest BCUT2D eigenvalue weighted by Crippen LogP contribution is -2.02. The average Bonchev–Trinajstić information content (AvgIpc) is 2.70. The molecule has 102 valence electrons. The first kappa shape index (κ1) is 12.9. The lowest BCUT2D eigenvalue weighted by Gasteiger charge is -2.06. The van der Waals surface area contributed by atoms with Gasteiger partial charge in [-0.3, -0.25) is 0 Å². The maximum atomic E-state index is 13.7. The van der Waals surface area contributed by atoms with Gasteiger partial charge in [0.1, 0.15) is 17.2 Å². The van der Waals surface area contributed by atoms with Crippen molar-refractivity contribution in [3.05, 3.63) is 64.2 Å². The summed E-state index contributed by atoms with van der Waals surface area (Å²) in [6.45, 7) is 0.106. The summed E-state index contributed by atoms with van der Waals surface area (Å²) in [4.78, 5) is 2.68. The van der Waals surface area contributed by atoms with Crippen LogP contribution in [-0.4, -0.2) is 9.55 Å². The van der Waals surface area contributed by atoms with Crippen molar-refractivity contribution in [2.75, 3.05) is 0 Å². The van der Waals surface area contributed by atoms with Crippen LogP contribution < -0.4 is 0 Å². The summed E-state index contributed by atoms with van der Waals surface area (Å²) < 4.78 is 42.3. The zero-order valence-corrected chi connectivity index (χ0v) is 11.0. The van der Waals surface area contributed by atoms with E-state index in [0.717, 1.165) is 6.07 Å². The summed E-state index contributed by atoms with van der Waals surface area (Å²) in [7, 11) is 0. The molecule has 1 N–H and O–H groups in total. The predicted molar refractivity (Wildman–Crippen MR) is 72.5 cm³/mol. The maximum absolute atomic E-state index is 13.7. The van der Waals surface area contributed by atoms with E-state index in [1.54, 1.807) is 18.2 Å². The summed E-state index contributed by atoms with van der Waals surface area (Å²) in [6, 6.07) is 8.15. The molecule has 3 rings (SSSR count). The Morgan fingerprint density at radius 3 is 2.55 bits per heavy atom. The Kier molecular flexibility index (Phi) is 3.10. The van der Waals surface area contributed by atoms with Crippen molar-refractivity contribution >= 4 is 23.3 Å². The molecule has 0 amide bonds. The van der Waals surface area contributed by atoms with Gasteiger partial charge >= 0.3 is 0 Å². The molecule has 20 heavy (non-hydrogen) atoms. The molecule has 0 spiro atoms. The highest BCUT2D eigenvalue weighted by molar-refractivity contribution is 7.71. The van der Waals surface area contributed by atoms with E-state index in [9.17, 15) is 13.2 Å². The minimum atomic E-state index is -0.724. The molecule has 0 aliphatic carbocycles. The smallest absolute Gasteiger partial charge is 0.178 e. The number of hydrogen-bond acceptors (Lipinski definition) is 1. The largest absolute Gasteiger partial charge is 0.328 e. The number of benzene rings is 2. The van der Waals surface area contributed by atoms with Crippen molar-refractivity contribution in [1.29, 1.82) is 0 Å². The molecule has 2 nitrogen and oxygen atoms in total. The van der Waals surface area contributed by atoms with E-state index in [0.29, 0.717) is 5.56 Å². The number of halogens is 3. The standard InChI is InChI=1S/C14H9F3N2S/c15-9-5-11(17)13-12(6-9)19(14(20)18-13)7-8-3-1-2-4-10(8)16/h1-6H,7H2,(H,18,20). The SMILES string of the molecule is Fc1cc(F)c2[nH]c(=S)n(Cc3ccccc3F)c2c1. The first-order chi connectivity index (χ1) is 9.56. The van der Waals surface area contributed by atoms with Gasteiger partial charge in [-0.15, -0.1) is 0 Å². The molecule has 0 unspecified atom stereocenters. The fraction of sp³-hybridized carbons (Fsp3) is 0.0714. The molecule has 0 atom stereocenters. The number of hydrogen-bond donors (Lipinski definition) is 1. The van der Waals surface area contributed by atoms with Crippen LogP contribution in [0.4, 0.5) is 13.2 Å². The molecule has 0 aliphatic heterocycles. The number of rotatable bonds is 2. The van der Waals surface area contributed by atoms with Crippen molar-refractivity contribution in [3.8, 4) is 0 Å². The quantitative estimate of drug-likeness (QED) is 0.704. The molecular formula is C14H9F3N2S. The molecule has 0 saturated heterocycles. The van der Waals surface area contributed by atoms with E-state index in [2.05, 4.69) is 4.98 Å². The van der Waals surface area contributed by atoms with E-state index in [1.165, 1.54) is 16.7 Å². The van der Waals surface area contributed by atoms with Gasteiger partial charge in [0.05, 0.1) is 12.1 Å². The summed E-state index contributed by atoms with van der Waals surface area (Å²) in [5, 5.41) is 0. The Morgan fingerprint density at radius 2 is 1.80 bits per heavy atom. The highest BCUT2D eigenvalue weighted by Gasteiger charge is 2.12. The van der Waals surface area contributed by atoms with Crippen LogP contribution in [0.1, 0.15) is 5.56 Å². The third-order valence-corrected chi connectivity index (χ3v) is 3.41. The minimum Gasteiger partial charge on any atom is -0.328 e. The van der Waals surface area contributed by atoms with Gasteiger partial charge in [0.15, 0.2) is 10.6 Å². The minimum absolute atomic E-state index is 0.106. The van der Waals surface area contributed by atoms with Gasteiger partial charge in [0, 0.05) is 11.6 Å². The second-order valence-corrected chi connectivity index (χ2v) is 4.78. The zero-order chi connectivity index (χ0) is 14.3. The van der Waals surface area contributed by atoms with Gasteiger partial charge < -0.3 is 9.55 Å². The Bertz CT molecular complexity index is 851. The highest BCUT2D eigenvalue weighted by Crippen LogP contribution is 2.21. The van der Waals surface area contributed by atoms with Crippen molar-refractivity contribution in [1.82, 2.24) is 9.55 Å². The van der Waals surface area contributed by atoms with Crippen LogP contribution in [0.5, 0.6) is 0 Å². The average molecular weight is 294 g/mol. The molecular weight excluding hydrogens is 285 g/mol. The molecule has 1 aromatic heterocycles. The molecule has 3 aromatic rings. The van der Waals surface area contributed by atoms with E-state index >= 15 is 0 Å². The Hall–Kier alpha value is -2.08. The molecule has 0 fully saturated rings. The first-order valence-corrected chi connectivity index (χ1v) is 6.28. The fourth-order valence-electron chi connectivity index (χ4n) is 2.13. The van der Waals surface area contributed by atoms with Gasteiger partial charge in [-0.1, -0.05) is 18.2 Å². The summed E-state index contributed by atoms with van der Waals surface area (Å²) in [5.74, 6) is -1.81. The highest BCUT2D eigenvalue weighted by atomic mass is 32.1. The van der Waals surface area contributed by atoms with Gasteiger partial charge in [0.2, 0.25) is 0 Å². The van der Waals surface area contributed by atoms with Crippen LogP contribution in [0.3, 0.4) is 0 Å². The number of aromatic nitrogens is 2. The van der Waals surface area contributed by atoms with Gasteiger partial charge in [0.25, 0.3) is 0 Å². The molecule has 6 heteroatoms. The van der Waals surface area contributed by atoms with Crippen molar-refractivity contribution in [3.63, 3.8) is 0 Å². The molecule has 0 radical (unpaired) electrons. The van der Waals surface area contributed by atoms with E-state index in [4.69, 9.17) is 12.2 Å². The van der Waals surface area contributed by atoms with E-state index < -0.39 is 11.6 Å². The summed E-state index contributed by atoms with van der Waals surface area (Å²) >= 11 is 5.09. The van der Waals surface area contributed by atoms with Gasteiger partial charge in [-0.05, 0) is 24.4 Å². The Morgan fingerprint density at radius 1 is 1.05 bits per heavy atom. The number of imidazole rings is 1. The summed E-state index contributed by atoms with van der Waals surface area (Å²) in [6.07, 6.45) is 0. The number of nitrogens with zero attached hydrogens (tertiary/aromatic N) is 1. The van der Waals surface area contributed by atoms with Crippen LogP contribution in [0.15, 0.2) is 36.4 Å². The van der Waals surface area contributed by atoms with Crippen LogP contribution in [0.25, 0.3) is 11.0 Å². The van der Waals surface area contributed by atoms with Crippen LogP contribution in [-0.2, 0) is 6.54 Å². The molecule has 0 aliphatic rings. The monoisotopic (exact) mass is 294 g/mol. The van der Waals surface area contributed by atoms with Gasteiger partial charge in [-0.25, -0.2) is 13.2 Å². The number of aromatic amines is 1. The third kappa shape index (κ3) is 2.12. The Labute approximate surface area is 117 Å². The van der Waals surface area contributed by atoms with E-state index in [-0.39, 0.29) is 28.2 Å². The zero-order valence-electron chi connectivity index (χ0n) is 10.2. The lowest BCUT2D eigenvalue weighted by atomic mass is 10.2. The molecule has 1 heterocycles. The molecule has 0 bridgehead atoms. The first-order valence-electron chi connectivity index (χ1n) is 5.87. The van der Waals surface area contributed by atoms with Gasteiger partial charge in [-0.2, -0.15) is 0 Å². The molecule has 2 aromatic carbocycles. The van der Waals surface area contributed by atoms with Crippen LogP contribution in [0, 0.1) is 22.2 Å². The summed E-state index contributed by atoms with van der Waals surface area (Å²) in [5.41, 5.74) is 0.790.